The van der Waals surface area contributed by atoms with E-state index in [0.717, 1.165) is 29.1 Å². The van der Waals surface area contributed by atoms with E-state index in [1.807, 2.05) is 36.7 Å². The summed E-state index contributed by atoms with van der Waals surface area (Å²) in [5.74, 6) is 0. The largest absolute Gasteiger partial charge is 0.249 e. The van der Waals surface area contributed by atoms with Gasteiger partial charge in [-0.2, -0.15) is 5.10 Å². The second-order valence-electron chi connectivity index (χ2n) is 4.41. The Morgan fingerprint density at radius 1 is 1.11 bits per heavy atom. The van der Waals surface area contributed by atoms with Crippen LogP contribution >= 0.6 is 0 Å². The summed E-state index contributed by atoms with van der Waals surface area (Å²) in [5, 5.41) is 4.52. The van der Waals surface area contributed by atoms with Gasteiger partial charge < -0.3 is 0 Å². The molecule has 90 valence electrons. The topological polar surface area (TPSA) is 43.6 Å². The highest BCUT2D eigenvalue weighted by Crippen LogP contribution is 2.15. The second kappa shape index (κ2) is 4.22. The fraction of sp³-hybridized carbons (Fsp3) is 0.214. The van der Waals surface area contributed by atoms with Crippen molar-refractivity contribution in [2.75, 3.05) is 0 Å². The molecule has 18 heavy (non-hydrogen) atoms. The average molecular weight is 238 g/mol. The molecule has 3 aromatic rings. The van der Waals surface area contributed by atoms with Gasteiger partial charge in [0.25, 0.3) is 0 Å². The van der Waals surface area contributed by atoms with Crippen LogP contribution in [-0.4, -0.2) is 19.7 Å². The maximum atomic E-state index is 4.53. The molecule has 0 aliphatic carbocycles. The van der Waals surface area contributed by atoms with Crippen molar-refractivity contribution in [1.29, 1.82) is 0 Å². The Balaban J connectivity index is 2.09. The summed E-state index contributed by atoms with van der Waals surface area (Å²) in [7, 11) is 0. The molecule has 0 bridgehead atoms. The Hall–Kier alpha value is -2.23. The lowest BCUT2D eigenvalue weighted by molar-refractivity contribution is 0.695. The molecule has 4 nitrogen and oxygen atoms in total. The third kappa shape index (κ3) is 1.86. The molecule has 0 aliphatic rings. The molecule has 1 aromatic carbocycles. The first-order chi connectivity index (χ1) is 8.74. The first-order valence-electron chi connectivity index (χ1n) is 5.95. The van der Waals surface area contributed by atoms with Crippen molar-refractivity contribution >= 4 is 11.2 Å². The first kappa shape index (κ1) is 10.9. The number of aromatic nitrogens is 4. The molecular weight excluding hydrogens is 224 g/mol. The van der Waals surface area contributed by atoms with Crippen LogP contribution in [0.3, 0.4) is 0 Å². The van der Waals surface area contributed by atoms with Crippen LogP contribution in [0.4, 0.5) is 0 Å². The third-order valence-corrected chi connectivity index (χ3v) is 2.91. The van der Waals surface area contributed by atoms with Crippen molar-refractivity contribution in [3.63, 3.8) is 0 Å². The SMILES string of the molecule is Cc1cnc2c(C)nn(Cc3ccccc3)c2n1. The number of hydrogen-bond donors (Lipinski definition) is 0. The van der Waals surface area contributed by atoms with E-state index in [0.29, 0.717) is 0 Å². The molecule has 2 aromatic heterocycles. The normalized spacial score (nSPS) is 11.0. The number of aryl methyl sites for hydroxylation is 2. The third-order valence-electron chi connectivity index (χ3n) is 2.91. The lowest BCUT2D eigenvalue weighted by atomic mass is 10.2. The van der Waals surface area contributed by atoms with Crippen LogP contribution in [-0.2, 0) is 6.54 Å². The fourth-order valence-corrected chi connectivity index (χ4v) is 2.04. The van der Waals surface area contributed by atoms with Crippen LogP contribution in [0.1, 0.15) is 17.0 Å². The zero-order chi connectivity index (χ0) is 12.5. The van der Waals surface area contributed by atoms with Crippen molar-refractivity contribution < 1.29 is 0 Å². The van der Waals surface area contributed by atoms with Crippen molar-refractivity contribution in [2.24, 2.45) is 0 Å². The minimum absolute atomic E-state index is 0.726. The lowest BCUT2D eigenvalue weighted by Crippen LogP contribution is -2.03. The maximum absolute atomic E-state index is 4.53. The van der Waals surface area contributed by atoms with Crippen LogP contribution in [0.15, 0.2) is 36.5 Å². The highest BCUT2D eigenvalue weighted by molar-refractivity contribution is 5.73. The molecule has 0 N–H and O–H groups in total. The first-order valence-corrected chi connectivity index (χ1v) is 5.95. The zero-order valence-electron chi connectivity index (χ0n) is 10.5. The highest BCUT2D eigenvalue weighted by Gasteiger charge is 2.10. The molecule has 0 aliphatic heterocycles. The summed E-state index contributed by atoms with van der Waals surface area (Å²) >= 11 is 0. The number of fused-ring (bicyclic) bond motifs is 1. The summed E-state index contributed by atoms with van der Waals surface area (Å²) in [4.78, 5) is 8.93. The van der Waals surface area contributed by atoms with E-state index >= 15 is 0 Å². The molecule has 0 saturated heterocycles. The molecule has 0 atom stereocenters. The summed E-state index contributed by atoms with van der Waals surface area (Å²) in [5.41, 5.74) is 4.79. The van der Waals surface area contributed by atoms with Crippen LogP contribution in [0.5, 0.6) is 0 Å². The standard InChI is InChI=1S/C14H14N4/c1-10-8-15-13-11(2)17-18(14(13)16-10)9-12-6-4-3-5-7-12/h3-8H,9H2,1-2H3. The second-order valence-corrected chi connectivity index (χ2v) is 4.41. The van der Waals surface area contributed by atoms with Crippen molar-refractivity contribution in [2.45, 2.75) is 20.4 Å². The molecule has 0 fully saturated rings. The van der Waals surface area contributed by atoms with Gasteiger partial charge in [0.1, 0.15) is 5.52 Å². The van der Waals surface area contributed by atoms with Crippen LogP contribution in [0.25, 0.3) is 11.2 Å². The quantitative estimate of drug-likeness (QED) is 0.689. The summed E-state index contributed by atoms with van der Waals surface area (Å²) in [6, 6.07) is 10.3. The van der Waals surface area contributed by atoms with Crippen molar-refractivity contribution in [3.8, 4) is 0 Å². The van der Waals surface area contributed by atoms with Crippen LogP contribution in [0, 0.1) is 13.8 Å². The van der Waals surface area contributed by atoms with Gasteiger partial charge in [-0.15, -0.1) is 0 Å². The fourth-order valence-electron chi connectivity index (χ4n) is 2.04. The maximum Gasteiger partial charge on any atom is 0.177 e. The van der Waals surface area contributed by atoms with Gasteiger partial charge in [0, 0.05) is 6.20 Å². The number of rotatable bonds is 2. The van der Waals surface area contributed by atoms with Gasteiger partial charge in [-0.1, -0.05) is 30.3 Å². The van der Waals surface area contributed by atoms with Gasteiger partial charge in [0.2, 0.25) is 0 Å². The van der Waals surface area contributed by atoms with Gasteiger partial charge in [0.15, 0.2) is 5.65 Å². The van der Waals surface area contributed by atoms with E-state index in [-0.39, 0.29) is 0 Å². The van der Waals surface area contributed by atoms with Crippen molar-refractivity contribution in [3.05, 3.63) is 53.5 Å². The van der Waals surface area contributed by atoms with Crippen LogP contribution in [0.2, 0.25) is 0 Å². The monoisotopic (exact) mass is 238 g/mol. The molecule has 0 amide bonds. The molecule has 0 spiro atoms. The van der Waals surface area contributed by atoms with E-state index < -0.39 is 0 Å². The predicted octanol–water partition coefficient (Wildman–Crippen LogP) is 2.49. The smallest absolute Gasteiger partial charge is 0.177 e. The Kier molecular flexibility index (Phi) is 2.55. The van der Waals surface area contributed by atoms with Gasteiger partial charge in [-0.25, -0.2) is 14.6 Å². The zero-order valence-corrected chi connectivity index (χ0v) is 10.5. The summed E-state index contributed by atoms with van der Waals surface area (Å²) < 4.78 is 1.92. The predicted molar refractivity (Wildman–Crippen MR) is 70.3 cm³/mol. The average Bonchev–Trinajstić information content (AvgIpc) is 2.67. The number of nitrogens with zero attached hydrogens (tertiary/aromatic N) is 4. The van der Waals surface area contributed by atoms with Gasteiger partial charge in [-0.3, -0.25) is 0 Å². The van der Waals surface area contributed by atoms with Crippen molar-refractivity contribution in [1.82, 2.24) is 19.7 Å². The molecule has 4 heteroatoms. The minimum atomic E-state index is 0.726. The van der Waals surface area contributed by atoms with Gasteiger partial charge in [0.05, 0.1) is 17.9 Å². The molecule has 3 rings (SSSR count). The van der Waals surface area contributed by atoms with Gasteiger partial charge >= 0.3 is 0 Å². The molecular formula is C14H14N4. The van der Waals surface area contributed by atoms with Gasteiger partial charge in [-0.05, 0) is 19.4 Å². The molecule has 2 heterocycles. The molecule has 0 saturated carbocycles. The highest BCUT2D eigenvalue weighted by atomic mass is 15.3. The molecule has 0 radical (unpaired) electrons. The van der Waals surface area contributed by atoms with E-state index in [4.69, 9.17) is 0 Å². The Morgan fingerprint density at radius 3 is 2.67 bits per heavy atom. The van der Waals surface area contributed by atoms with E-state index in [1.54, 1.807) is 6.20 Å². The number of benzene rings is 1. The summed E-state index contributed by atoms with van der Waals surface area (Å²) in [6.45, 7) is 4.64. The van der Waals surface area contributed by atoms with E-state index in [2.05, 4.69) is 27.2 Å². The summed E-state index contributed by atoms with van der Waals surface area (Å²) in [6.07, 6.45) is 1.78. The van der Waals surface area contributed by atoms with E-state index in [9.17, 15) is 0 Å². The molecule has 0 unspecified atom stereocenters. The Morgan fingerprint density at radius 2 is 1.89 bits per heavy atom. The van der Waals surface area contributed by atoms with Crippen LogP contribution < -0.4 is 0 Å². The Labute approximate surface area is 105 Å². The van der Waals surface area contributed by atoms with E-state index in [1.165, 1.54) is 5.56 Å². The number of hydrogen-bond acceptors (Lipinski definition) is 3. The Bertz CT molecular complexity index is 686. The minimum Gasteiger partial charge on any atom is -0.249 e. The lowest BCUT2D eigenvalue weighted by Gasteiger charge is -2.02.